The average Bonchev–Trinajstić information content (AvgIpc) is 2.39. The highest BCUT2D eigenvalue weighted by molar-refractivity contribution is 6.35. The Kier molecular flexibility index (Phi) is 4.16. The summed E-state index contributed by atoms with van der Waals surface area (Å²) in [7, 11) is 0. The summed E-state index contributed by atoms with van der Waals surface area (Å²) in [5.74, 6) is 1.40. The zero-order valence-electron chi connectivity index (χ0n) is 11.0. The molecule has 2 aromatic carbocycles. The number of halogens is 2. The Hall–Kier alpha value is -1.22. The minimum atomic E-state index is 0.516. The first-order chi connectivity index (χ1) is 9.70. The number of nitrogens with zero attached hydrogens (tertiary/aromatic N) is 1. The quantitative estimate of drug-likeness (QED) is 0.789. The highest BCUT2D eigenvalue weighted by Crippen LogP contribution is 2.31. The summed E-state index contributed by atoms with van der Waals surface area (Å²) < 4.78 is 5.76. The second-order valence-corrected chi connectivity index (χ2v) is 5.79. The van der Waals surface area contributed by atoms with Crippen molar-refractivity contribution in [1.29, 1.82) is 0 Å². The van der Waals surface area contributed by atoms with Gasteiger partial charge in [0.15, 0.2) is 0 Å². The van der Waals surface area contributed by atoms with Crippen LogP contribution in [0.5, 0.6) is 11.5 Å². The van der Waals surface area contributed by atoms with Gasteiger partial charge in [-0.05, 0) is 55.4 Å². The van der Waals surface area contributed by atoms with Crippen LogP contribution in [-0.4, -0.2) is 18.0 Å². The van der Waals surface area contributed by atoms with Gasteiger partial charge >= 0.3 is 0 Å². The first-order valence-corrected chi connectivity index (χ1v) is 7.40. The summed E-state index contributed by atoms with van der Waals surface area (Å²) in [6.07, 6.45) is 1.32. The van der Waals surface area contributed by atoms with Crippen LogP contribution in [0.2, 0.25) is 10.0 Å². The summed E-state index contributed by atoms with van der Waals surface area (Å²) in [5.41, 5.74) is 1.30. The van der Waals surface area contributed by atoms with Gasteiger partial charge in [-0.25, -0.2) is 0 Å². The van der Waals surface area contributed by atoms with E-state index in [2.05, 4.69) is 17.0 Å². The van der Waals surface area contributed by atoms with Crippen LogP contribution < -0.4 is 4.74 Å². The molecule has 4 heteroatoms. The number of hydrogen-bond acceptors (Lipinski definition) is 2. The van der Waals surface area contributed by atoms with Crippen molar-refractivity contribution in [3.63, 3.8) is 0 Å². The van der Waals surface area contributed by atoms with E-state index < -0.39 is 0 Å². The fourth-order valence-electron chi connectivity index (χ4n) is 2.15. The third kappa shape index (κ3) is 3.26. The predicted molar refractivity (Wildman–Crippen MR) is 82.9 cm³/mol. The van der Waals surface area contributed by atoms with Gasteiger partial charge in [0.05, 0.1) is 5.02 Å². The molecule has 2 aromatic rings. The van der Waals surface area contributed by atoms with Crippen LogP contribution >= 0.6 is 23.2 Å². The zero-order valence-corrected chi connectivity index (χ0v) is 12.5. The maximum absolute atomic E-state index is 6.09. The van der Waals surface area contributed by atoms with Gasteiger partial charge in [-0.1, -0.05) is 35.3 Å². The van der Waals surface area contributed by atoms with E-state index in [0.717, 1.165) is 12.3 Å². The lowest BCUT2D eigenvalue weighted by molar-refractivity contribution is 0.172. The SMILES string of the molecule is Clc1ccc(Oc2ccc(CN3CCC3)cc2)c(Cl)c1. The number of hydrogen-bond donors (Lipinski definition) is 0. The highest BCUT2D eigenvalue weighted by atomic mass is 35.5. The molecule has 1 saturated heterocycles. The Bertz CT molecular complexity index is 594. The fourth-order valence-corrected chi connectivity index (χ4v) is 2.59. The minimum absolute atomic E-state index is 0.516. The van der Waals surface area contributed by atoms with E-state index in [9.17, 15) is 0 Å². The van der Waals surface area contributed by atoms with E-state index in [-0.39, 0.29) is 0 Å². The Balaban J connectivity index is 1.67. The summed E-state index contributed by atoms with van der Waals surface area (Å²) in [5, 5.41) is 1.12. The molecule has 0 aromatic heterocycles. The largest absolute Gasteiger partial charge is 0.456 e. The van der Waals surface area contributed by atoms with Crippen molar-refractivity contribution in [3.8, 4) is 11.5 Å². The molecule has 3 rings (SSSR count). The summed E-state index contributed by atoms with van der Waals surface area (Å²) in [6.45, 7) is 3.43. The van der Waals surface area contributed by atoms with Crippen LogP contribution in [-0.2, 0) is 6.54 Å². The Morgan fingerprint density at radius 2 is 1.75 bits per heavy atom. The minimum Gasteiger partial charge on any atom is -0.456 e. The van der Waals surface area contributed by atoms with Crippen molar-refractivity contribution < 1.29 is 4.74 Å². The second-order valence-electron chi connectivity index (χ2n) is 4.95. The van der Waals surface area contributed by atoms with Gasteiger partial charge in [-0.3, -0.25) is 4.90 Å². The lowest BCUT2D eigenvalue weighted by Gasteiger charge is -2.30. The molecule has 0 saturated carbocycles. The molecule has 0 amide bonds. The molecule has 1 aliphatic rings. The monoisotopic (exact) mass is 307 g/mol. The predicted octanol–water partition coefficient (Wildman–Crippen LogP) is 4.99. The highest BCUT2D eigenvalue weighted by Gasteiger charge is 2.13. The molecule has 0 N–H and O–H groups in total. The Morgan fingerprint density at radius 1 is 1.00 bits per heavy atom. The van der Waals surface area contributed by atoms with E-state index in [0.29, 0.717) is 15.8 Å². The van der Waals surface area contributed by atoms with Gasteiger partial charge < -0.3 is 4.74 Å². The van der Waals surface area contributed by atoms with Gasteiger partial charge in [0, 0.05) is 11.6 Å². The van der Waals surface area contributed by atoms with E-state index in [1.54, 1.807) is 18.2 Å². The van der Waals surface area contributed by atoms with E-state index in [4.69, 9.17) is 27.9 Å². The molecule has 1 aliphatic heterocycles. The molecule has 0 radical (unpaired) electrons. The second kappa shape index (κ2) is 6.04. The molecule has 0 aliphatic carbocycles. The Labute approximate surface area is 128 Å². The number of rotatable bonds is 4. The molecule has 0 bridgehead atoms. The van der Waals surface area contributed by atoms with Crippen molar-refractivity contribution in [3.05, 3.63) is 58.1 Å². The van der Waals surface area contributed by atoms with Crippen LogP contribution in [0, 0.1) is 0 Å². The topological polar surface area (TPSA) is 12.5 Å². The first-order valence-electron chi connectivity index (χ1n) is 6.65. The van der Waals surface area contributed by atoms with Crippen molar-refractivity contribution in [1.82, 2.24) is 4.90 Å². The van der Waals surface area contributed by atoms with Crippen LogP contribution in [0.15, 0.2) is 42.5 Å². The average molecular weight is 308 g/mol. The molecule has 1 fully saturated rings. The van der Waals surface area contributed by atoms with Crippen LogP contribution in [0.3, 0.4) is 0 Å². The summed E-state index contributed by atoms with van der Waals surface area (Å²) in [6, 6.07) is 13.4. The van der Waals surface area contributed by atoms with Gasteiger partial charge in [0.1, 0.15) is 11.5 Å². The van der Waals surface area contributed by atoms with Gasteiger partial charge in [0.25, 0.3) is 0 Å². The molecular weight excluding hydrogens is 293 g/mol. The normalized spacial score (nSPS) is 14.9. The van der Waals surface area contributed by atoms with Gasteiger partial charge in [-0.15, -0.1) is 0 Å². The third-order valence-electron chi connectivity index (χ3n) is 3.40. The maximum Gasteiger partial charge on any atom is 0.146 e. The van der Waals surface area contributed by atoms with Crippen LogP contribution in [0.4, 0.5) is 0 Å². The molecule has 0 unspecified atom stereocenters. The lowest BCUT2D eigenvalue weighted by atomic mass is 10.1. The van der Waals surface area contributed by atoms with Crippen LogP contribution in [0.25, 0.3) is 0 Å². The Morgan fingerprint density at radius 3 is 2.35 bits per heavy atom. The smallest absolute Gasteiger partial charge is 0.146 e. The van der Waals surface area contributed by atoms with Crippen molar-refractivity contribution in [2.45, 2.75) is 13.0 Å². The molecule has 1 heterocycles. The molecule has 0 atom stereocenters. The van der Waals surface area contributed by atoms with Gasteiger partial charge in [-0.2, -0.15) is 0 Å². The zero-order chi connectivity index (χ0) is 13.9. The molecule has 0 spiro atoms. The number of likely N-dealkylation sites (tertiary alicyclic amines) is 1. The molecular formula is C16H15Cl2NO. The summed E-state index contributed by atoms with van der Waals surface area (Å²) in [4.78, 5) is 2.42. The van der Waals surface area contributed by atoms with Crippen molar-refractivity contribution in [2.75, 3.05) is 13.1 Å². The van der Waals surface area contributed by atoms with E-state index in [1.807, 2.05) is 12.1 Å². The first kappa shape index (κ1) is 13.7. The van der Waals surface area contributed by atoms with Crippen molar-refractivity contribution in [2.24, 2.45) is 0 Å². The molecule has 20 heavy (non-hydrogen) atoms. The summed E-state index contributed by atoms with van der Waals surface area (Å²) >= 11 is 12.0. The van der Waals surface area contributed by atoms with Gasteiger partial charge in [0.2, 0.25) is 0 Å². The molecule has 104 valence electrons. The maximum atomic E-state index is 6.09. The van der Waals surface area contributed by atoms with E-state index >= 15 is 0 Å². The fraction of sp³-hybridized carbons (Fsp3) is 0.250. The van der Waals surface area contributed by atoms with Crippen LogP contribution in [0.1, 0.15) is 12.0 Å². The molecule has 2 nitrogen and oxygen atoms in total. The third-order valence-corrected chi connectivity index (χ3v) is 3.93. The van der Waals surface area contributed by atoms with E-state index in [1.165, 1.54) is 25.1 Å². The lowest BCUT2D eigenvalue weighted by Crippen LogP contribution is -2.36. The number of ether oxygens (including phenoxy) is 1. The standard InChI is InChI=1S/C16H15Cl2NO/c17-13-4-7-16(15(18)10-13)20-14-5-2-12(3-6-14)11-19-8-1-9-19/h2-7,10H,1,8-9,11H2. The number of benzene rings is 2. The van der Waals surface area contributed by atoms with Crippen molar-refractivity contribution >= 4 is 23.2 Å².